The van der Waals surface area contributed by atoms with Crippen molar-refractivity contribution in [2.75, 3.05) is 26.7 Å². The molecule has 0 saturated carbocycles. The number of ether oxygens (including phenoxy) is 1. The van der Waals surface area contributed by atoms with Crippen molar-refractivity contribution in [2.45, 2.75) is 78.5 Å². The van der Waals surface area contributed by atoms with Gasteiger partial charge in [-0.3, -0.25) is 4.90 Å². The molecule has 1 heterocycles. The summed E-state index contributed by atoms with van der Waals surface area (Å²) in [6, 6.07) is 1.27. The molecule has 1 aliphatic heterocycles. The fourth-order valence-electron chi connectivity index (χ4n) is 3.04. The Balaban J connectivity index is 2.67. The zero-order valence-corrected chi connectivity index (χ0v) is 14.8. The van der Waals surface area contributed by atoms with Gasteiger partial charge in [-0.05, 0) is 32.1 Å². The number of methoxy groups -OCH3 is 1. The molecule has 0 spiro atoms. The van der Waals surface area contributed by atoms with E-state index in [4.69, 9.17) is 4.74 Å². The Hall–Kier alpha value is -0.120. The third-order valence-electron chi connectivity index (χ3n) is 4.69. The predicted octanol–water partition coefficient (Wildman–Crippen LogP) is 3.29. The minimum atomic E-state index is -0.0203. The van der Waals surface area contributed by atoms with Gasteiger partial charge in [0.25, 0.3) is 0 Å². The van der Waals surface area contributed by atoms with Crippen molar-refractivity contribution in [1.82, 2.24) is 10.2 Å². The van der Waals surface area contributed by atoms with Crippen LogP contribution in [0.15, 0.2) is 0 Å². The zero-order chi connectivity index (χ0) is 15.4. The average Bonchev–Trinajstić information content (AvgIpc) is 2.36. The second-order valence-electron chi connectivity index (χ2n) is 7.98. The van der Waals surface area contributed by atoms with Crippen LogP contribution >= 0.6 is 0 Å². The van der Waals surface area contributed by atoms with Crippen molar-refractivity contribution in [2.24, 2.45) is 5.41 Å². The minimum absolute atomic E-state index is 0.0203. The van der Waals surface area contributed by atoms with E-state index in [9.17, 15) is 0 Å². The highest BCUT2D eigenvalue weighted by atomic mass is 16.5. The molecule has 1 rings (SSSR count). The molecule has 1 saturated heterocycles. The topological polar surface area (TPSA) is 24.5 Å². The highest BCUT2D eigenvalue weighted by Gasteiger charge is 2.35. The van der Waals surface area contributed by atoms with Gasteiger partial charge in [0.15, 0.2) is 0 Å². The summed E-state index contributed by atoms with van der Waals surface area (Å²) in [6.07, 6.45) is 3.63. The number of rotatable bonds is 6. The molecule has 0 aliphatic carbocycles. The Bertz CT molecular complexity index is 283. The van der Waals surface area contributed by atoms with Crippen molar-refractivity contribution in [3.63, 3.8) is 0 Å². The van der Waals surface area contributed by atoms with Crippen molar-refractivity contribution in [1.29, 1.82) is 0 Å². The molecular formula is C17H36N2O. The molecule has 0 aromatic rings. The normalized spacial score (nSPS) is 25.9. The van der Waals surface area contributed by atoms with E-state index in [0.717, 1.165) is 19.5 Å². The maximum Gasteiger partial charge on any atom is 0.0634 e. The van der Waals surface area contributed by atoms with Crippen LogP contribution in [0.5, 0.6) is 0 Å². The standard InChI is InChI=1S/C17H36N2O/c1-8-9-14-13-19(11-10-17(5,6)20-7)15(12-18-14)16(2,3)4/h14-15,18H,8-13H2,1-7H3. The summed E-state index contributed by atoms with van der Waals surface area (Å²) in [5, 5.41) is 3.74. The van der Waals surface area contributed by atoms with Gasteiger partial charge in [-0.1, -0.05) is 34.1 Å². The maximum absolute atomic E-state index is 5.58. The second kappa shape index (κ2) is 7.24. The molecule has 0 radical (unpaired) electrons. The van der Waals surface area contributed by atoms with Crippen molar-refractivity contribution < 1.29 is 4.74 Å². The average molecular weight is 284 g/mol. The van der Waals surface area contributed by atoms with Crippen LogP contribution in [-0.2, 0) is 4.74 Å². The fraction of sp³-hybridized carbons (Fsp3) is 1.00. The monoisotopic (exact) mass is 284 g/mol. The van der Waals surface area contributed by atoms with Gasteiger partial charge in [0.1, 0.15) is 0 Å². The predicted molar refractivity (Wildman–Crippen MR) is 87.2 cm³/mol. The van der Waals surface area contributed by atoms with Crippen molar-refractivity contribution in [3.8, 4) is 0 Å². The van der Waals surface area contributed by atoms with Gasteiger partial charge in [-0.25, -0.2) is 0 Å². The lowest BCUT2D eigenvalue weighted by Crippen LogP contribution is -2.61. The summed E-state index contributed by atoms with van der Waals surface area (Å²) in [5.41, 5.74) is 0.301. The first kappa shape index (κ1) is 17.9. The molecule has 0 aromatic carbocycles. The van der Waals surface area contributed by atoms with E-state index in [1.54, 1.807) is 0 Å². The van der Waals surface area contributed by atoms with Crippen LogP contribution in [0.25, 0.3) is 0 Å². The first-order chi connectivity index (χ1) is 9.19. The van der Waals surface area contributed by atoms with Crippen LogP contribution in [0.4, 0.5) is 0 Å². The highest BCUT2D eigenvalue weighted by Crippen LogP contribution is 2.28. The van der Waals surface area contributed by atoms with Gasteiger partial charge in [-0.15, -0.1) is 0 Å². The molecule has 1 aliphatic rings. The van der Waals surface area contributed by atoms with Crippen LogP contribution in [0.3, 0.4) is 0 Å². The molecular weight excluding hydrogens is 248 g/mol. The molecule has 2 unspecified atom stereocenters. The lowest BCUT2D eigenvalue weighted by molar-refractivity contribution is -0.0116. The number of nitrogens with one attached hydrogen (secondary N) is 1. The Morgan fingerprint density at radius 1 is 1.20 bits per heavy atom. The number of hydrogen-bond acceptors (Lipinski definition) is 3. The molecule has 20 heavy (non-hydrogen) atoms. The molecule has 0 aromatic heterocycles. The van der Waals surface area contributed by atoms with E-state index in [2.05, 4.69) is 51.8 Å². The van der Waals surface area contributed by atoms with Gasteiger partial charge < -0.3 is 10.1 Å². The fourth-order valence-corrected chi connectivity index (χ4v) is 3.04. The molecule has 3 heteroatoms. The van der Waals surface area contributed by atoms with Gasteiger partial charge in [-0.2, -0.15) is 0 Å². The van der Waals surface area contributed by atoms with Crippen LogP contribution in [0.1, 0.15) is 60.8 Å². The molecule has 1 fully saturated rings. The third kappa shape index (κ3) is 5.34. The van der Waals surface area contributed by atoms with Crippen LogP contribution in [-0.4, -0.2) is 49.3 Å². The Morgan fingerprint density at radius 2 is 1.85 bits per heavy atom. The SMILES string of the molecule is CCCC1CN(CCC(C)(C)OC)C(C(C)(C)C)CN1. The van der Waals surface area contributed by atoms with Gasteiger partial charge in [0.2, 0.25) is 0 Å². The van der Waals surface area contributed by atoms with Crippen LogP contribution in [0, 0.1) is 5.41 Å². The van der Waals surface area contributed by atoms with Crippen LogP contribution < -0.4 is 5.32 Å². The quantitative estimate of drug-likeness (QED) is 0.810. The molecule has 0 amide bonds. The lowest BCUT2D eigenvalue weighted by Gasteiger charge is -2.47. The molecule has 3 nitrogen and oxygen atoms in total. The Morgan fingerprint density at radius 3 is 2.35 bits per heavy atom. The zero-order valence-electron chi connectivity index (χ0n) is 14.8. The maximum atomic E-state index is 5.58. The van der Waals surface area contributed by atoms with E-state index >= 15 is 0 Å². The van der Waals surface area contributed by atoms with E-state index in [0.29, 0.717) is 17.5 Å². The summed E-state index contributed by atoms with van der Waals surface area (Å²) < 4.78 is 5.58. The summed E-state index contributed by atoms with van der Waals surface area (Å²) in [7, 11) is 1.82. The Labute approximate surface area is 126 Å². The van der Waals surface area contributed by atoms with Gasteiger partial charge >= 0.3 is 0 Å². The third-order valence-corrected chi connectivity index (χ3v) is 4.69. The van der Waals surface area contributed by atoms with Crippen molar-refractivity contribution in [3.05, 3.63) is 0 Å². The molecule has 1 N–H and O–H groups in total. The Kier molecular flexibility index (Phi) is 6.49. The molecule has 120 valence electrons. The minimum Gasteiger partial charge on any atom is -0.379 e. The molecule has 0 bridgehead atoms. The highest BCUT2D eigenvalue weighted by molar-refractivity contribution is 4.92. The van der Waals surface area contributed by atoms with E-state index in [-0.39, 0.29) is 5.60 Å². The van der Waals surface area contributed by atoms with E-state index in [1.165, 1.54) is 19.4 Å². The summed E-state index contributed by atoms with van der Waals surface area (Å²) in [5.74, 6) is 0. The van der Waals surface area contributed by atoms with Crippen molar-refractivity contribution >= 4 is 0 Å². The van der Waals surface area contributed by atoms with Gasteiger partial charge in [0, 0.05) is 38.8 Å². The largest absolute Gasteiger partial charge is 0.379 e. The number of hydrogen-bond donors (Lipinski definition) is 1. The molecule has 2 atom stereocenters. The number of piperazine rings is 1. The number of nitrogens with zero attached hydrogens (tertiary/aromatic N) is 1. The summed E-state index contributed by atoms with van der Waals surface area (Å²) in [4.78, 5) is 2.69. The first-order valence-electron chi connectivity index (χ1n) is 8.22. The smallest absolute Gasteiger partial charge is 0.0634 e. The van der Waals surface area contributed by atoms with Crippen LogP contribution in [0.2, 0.25) is 0 Å². The first-order valence-corrected chi connectivity index (χ1v) is 8.22. The lowest BCUT2D eigenvalue weighted by atomic mass is 9.83. The van der Waals surface area contributed by atoms with Gasteiger partial charge in [0.05, 0.1) is 5.60 Å². The second-order valence-corrected chi connectivity index (χ2v) is 7.98. The summed E-state index contributed by atoms with van der Waals surface area (Å²) >= 11 is 0. The van der Waals surface area contributed by atoms with E-state index in [1.807, 2.05) is 7.11 Å². The summed E-state index contributed by atoms with van der Waals surface area (Å²) in [6.45, 7) is 17.1. The van der Waals surface area contributed by atoms with E-state index < -0.39 is 0 Å².